The average Bonchev–Trinajstić information content (AvgIpc) is 3.01. The summed E-state index contributed by atoms with van der Waals surface area (Å²) in [5.74, 6) is -0.502. The summed E-state index contributed by atoms with van der Waals surface area (Å²) in [7, 11) is 1.64. The number of amides is 1. The van der Waals surface area contributed by atoms with Crippen molar-refractivity contribution in [1.29, 1.82) is 0 Å². The van der Waals surface area contributed by atoms with Gasteiger partial charge in [-0.2, -0.15) is 0 Å². The highest BCUT2D eigenvalue weighted by Crippen LogP contribution is 2.23. The lowest BCUT2D eigenvalue weighted by Crippen LogP contribution is -2.33. The van der Waals surface area contributed by atoms with Crippen molar-refractivity contribution < 1.29 is 13.9 Å². The van der Waals surface area contributed by atoms with Crippen LogP contribution in [-0.4, -0.2) is 44.2 Å². The molecule has 0 saturated carbocycles. The van der Waals surface area contributed by atoms with Crippen LogP contribution in [0.4, 0.5) is 4.39 Å². The Kier molecular flexibility index (Phi) is 11.5. The van der Waals surface area contributed by atoms with Crippen LogP contribution >= 0.6 is 36.2 Å². The maximum atomic E-state index is 12.9. The van der Waals surface area contributed by atoms with Crippen LogP contribution in [0.2, 0.25) is 0 Å². The van der Waals surface area contributed by atoms with E-state index in [1.807, 2.05) is 0 Å². The van der Waals surface area contributed by atoms with E-state index in [-0.39, 0.29) is 36.5 Å². The lowest BCUT2D eigenvalue weighted by Gasteiger charge is -2.05. The Bertz CT molecular complexity index is 611. The summed E-state index contributed by atoms with van der Waals surface area (Å²) in [6, 6.07) is 6.05. The Labute approximate surface area is 156 Å². The second-order valence-corrected chi connectivity index (χ2v) is 5.40. The number of carbonyl (C=O) groups excluding carboxylic acids is 1. The van der Waals surface area contributed by atoms with Crippen LogP contribution in [0.15, 0.2) is 29.6 Å². The van der Waals surface area contributed by atoms with Gasteiger partial charge in [0, 0.05) is 37.7 Å². The normalized spacial score (nSPS) is 9.75. The molecule has 5 nitrogen and oxygen atoms in total. The fourth-order valence-electron chi connectivity index (χ4n) is 1.76. The maximum absolute atomic E-state index is 12.9. The molecule has 1 aromatic carbocycles. The third-order valence-electron chi connectivity index (χ3n) is 2.90. The Balaban J connectivity index is 0.00000264. The van der Waals surface area contributed by atoms with Gasteiger partial charge in [0.1, 0.15) is 16.5 Å². The number of hydrogen-bond acceptors (Lipinski definition) is 5. The predicted molar refractivity (Wildman–Crippen MR) is 99.1 cm³/mol. The van der Waals surface area contributed by atoms with Gasteiger partial charge in [-0.05, 0) is 24.3 Å². The van der Waals surface area contributed by atoms with Crippen LogP contribution in [0.3, 0.4) is 0 Å². The van der Waals surface area contributed by atoms with Gasteiger partial charge >= 0.3 is 0 Å². The molecule has 0 saturated heterocycles. The highest BCUT2D eigenvalue weighted by Gasteiger charge is 2.11. The van der Waals surface area contributed by atoms with E-state index in [1.54, 1.807) is 24.6 Å². The summed E-state index contributed by atoms with van der Waals surface area (Å²) in [5.41, 5.74) is 1.17. The first-order valence-corrected chi connectivity index (χ1v) is 7.78. The molecule has 134 valence electrons. The first kappa shape index (κ1) is 22.8. The number of halogens is 3. The molecule has 1 aromatic heterocycles. The van der Waals surface area contributed by atoms with Gasteiger partial charge in [0.2, 0.25) is 0 Å². The van der Waals surface area contributed by atoms with E-state index >= 15 is 0 Å². The van der Waals surface area contributed by atoms with Gasteiger partial charge in [0.25, 0.3) is 5.91 Å². The van der Waals surface area contributed by atoms with Crippen molar-refractivity contribution in [3.63, 3.8) is 0 Å². The van der Waals surface area contributed by atoms with Gasteiger partial charge in [0.15, 0.2) is 0 Å². The molecule has 0 aliphatic carbocycles. The van der Waals surface area contributed by atoms with Crippen molar-refractivity contribution in [2.75, 3.05) is 33.4 Å². The molecule has 1 heterocycles. The van der Waals surface area contributed by atoms with Crippen LogP contribution in [0.25, 0.3) is 10.6 Å². The number of methoxy groups -OCH3 is 1. The predicted octanol–water partition coefficient (Wildman–Crippen LogP) is 2.76. The van der Waals surface area contributed by atoms with Crippen LogP contribution < -0.4 is 10.6 Å². The lowest BCUT2D eigenvalue weighted by molar-refractivity contribution is 0.0949. The number of ether oxygens (including phenoxy) is 1. The number of hydrogen-bond donors (Lipinski definition) is 2. The highest BCUT2D eigenvalue weighted by atomic mass is 35.5. The molecule has 0 radical (unpaired) electrons. The quantitative estimate of drug-likeness (QED) is 0.674. The van der Waals surface area contributed by atoms with Crippen LogP contribution in [0.5, 0.6) is 0 Å². The molecule has 0 unspecified atom stereocenters. The third kappa shape index (κ3) is 7.11. The molecule has 0 fully saturated rings. The highest BCUT2D eigenvalue weighted by molar-refractivity contribution is 7.13. The number of carbonyl (C=O) groups is 1. The van der Waals surface area contributed by atoms with Crippen LogP contribution in [0, 0.1) is 5.82 Å². The number of nitrogens with zero attached hydrogens (tertiary/aromatic N) is 1. The molecule has 2 N–H and O–H groups in total. The van der Waals surface area contributed by atoms with Gasteiger partial charge in [-0.25, -0.2) is 9.37 Å². The molecule has 24 heavy (non-hydrogen) atoms. The van der Waals surface area contributed by atoms with Crippen molar-refractivity contribution >= 4 is 42.1 Å². The molecule has 0 bridgehead atoms. The monoisotopic (exact) mass is 395 g/mol. The first-order valence-electron chi connectivity index (χ1n) is 6.90. The smallest absolute Gasteiger partial charge is 0.270 e. The minimum atomic E-state index is -0.292. The molecule has 2 rings (SSSR count). The molecule has 2 aromatic rings. The number of benzene rings is 1. The summed E-state index contributed by atoms with van der Waals surface area (Å²) in [6.45, 7) is 2.58. The average molecular weight is 396 g/mol. The summed E-state index contributed by atoms with van der Waals surface area (Å²) in [6.07, 6.45) is 0. The molecule has 0 aliphatic heterocycles. The molecule has 0 aliphatic rings. The van der Waals surface area contributed by atoms with Crippen molar-refractivity contribution in [2.45, 2.75) is 0 Å². The van der Waals surface area contributed by atoms with E-state index in [2.05, 4.69) is 15.6 Å². The van der Waals surface area contributed by atoms with Crippen molar-refractivity contribution in [1.82, 2.24) is 15.6 Å². The van der Waals surface area contributed by atoms with Crippen molar-refractivity contribution in [2.24, 2.45) is 0 Å². The van der Waals surface area contributed by atoms with Gasteiger partial charge in [-0.3, -0.25) is 4.79 Å². The van der Waals surface area contributed by atoms with E-state index in [4.69, 9.17) is 4.74 Å². The summed E-state index contributed by atoms with van der Waals surface area (Å²) >= 11 is 1.36. The minimum Gasteiger partial charge on any atom is -0.383 e. The Morgan fingerprint density at radius 2 is 1.92 bits per heavy atom. The van der Waals surface area contributed by atoms with Crippen LogP contribution in [-0.2, 0) is 4.74 Å². The van der Waals surface area contributed by atoms with Crippen LogP contribution in [0.1, 0.15) is 10.5 Å². The van der Waals surface area contributed by atoms with Crippen molar-refractivity contribution in [3.05, 3.63) is 41.2 Å². The fourth-order valence-corrected chi connectivity index (χ4v) is 2.56. The van der Waals surface area contributed by atoms with E-state index in [9.17, 15) is 9.18 Å². The Morgan fingerprint density at radius 3 is 2.58 bits per heavy atom. The Hall–Kier alpha value is -1.25. The first-order chi connectivity index (χ1) is 10.7. The third-order valence-corrected chi connectivity index (χ3v) is 3.79. The maximum Gasteiger partial charge on any atom is 0.270 e. The standard InChI is InChI=1S/C15H18FN3O2S.2ClH/c1-21-9-8-17-6-7-18-14(20)13-10-22-15(19-13)11-2-4-12(16)5-3-11;;/h2-5,10,17H,6-9H2,1H3,(H,18,20);2*1H. The summed E-state index contributed by atoms with van der Waals surface area (Å²) in [4.78, 5) is 16.2. The number of thiazole rings is 1. The van der Waals surface area contributed by atoms with E-state index < -0.39 is 0 Å². The van der Waals surface area contributed by atoms with Gasteiger partial charge < -0.3 is 15.4 Å². The summed E-state index contributed by atoms with van der Waals surface area (Å²) < 4.78 is 17.8. The topological polar surface area (TPSA) is 63.2 Å². The van der Waals surface area contributed by atoms with Gasteiger partial charge in [0.05, 0.1) is 6.61 Å². The molecule has 0 spiro atoms. The van der Waals surface area contributed by atoms with E-state index in [1.165, 1.54) is 23.5 Å². The fraction of sp³-hybridized carbons (Fsp3) is 0.333. The zero-order valence-corrected chi connectivity index (χ0v) is 15.5. The molecule has 1 amide bonds. The zero-order chi connectivity index (χ0) is 15.8. The lowest BCUT2D eigenvalue weighted by atomic mass is 10.2. The van der Waals surface area contributed by atoms with Gasteiger partial charge in [-0.1, -0.05) is 0 Å². The number of nitrogens with one attached hydrogen (secondary N) is 2. The second kappa shape index (κ2) is 12.2. The van der Waals surface area contributed by atoms with Crippen molar-refractivity contribution in [3.8, 4) is 10.6 Å². The minimum absolute atomic E-state index is 0. The molecular formula is C15H20Cl2FN3O2S. The second-order valence-electron chi connectivity index (χ2n) is 4.54. The zero-order valence-electron chi connectivity index (χ0n) is 13.1. The number of rotatable bonds is 8. The number of aromatic nitrogens is 1. The largest absolute Gasteiger partial charge is 0.383 e. The Morgan fingerprint density at radius 1 is 1.21 bits per heavy atom. The van der Waals surface area contributed by atoms with E-state index in [0.717, 1.165) is 12.1 Å². The molecular weight excluding hydrogens is 376 g/mol. The molecule has 9 heteroatoms. The van der Waals surface area contributed by atoms with E-state index in [0.29, 0.717) is 30.4 Å². The molecule has 0 atom stereocenters. The van der Waals surface area contributed by atoms with Gasteiger partial charge in [-0.15, -0.1) is 36.2 Å². The summed E-state index contributed by atoms with van der Waals surface area (Å²) in [5, 5.41) is 8.33. The SMILES string of the molecule is COCCNCCNC(=O)c1csc(-c2ccc(F)cc2)n1.Cl.Cl.